The van der Waals surface area contributed by atoms with Crippen molar-refractivity contribution in [2.24, 2.45) is 35.2 Å². The highest BCUT2D eigenvalue weighted by atomic mass is 15.1. The van der Waals surface area contributed by atoms with Crippen LogP contribution in [0.4, 0.5) is 0 Å². The minimum Gasteiger partial charge on any atom is -0.346 e. The van der Waals surface area contributed by atoms with E-state index in [0.29, 0.717) is 0 Å². The molecule has 0 atom stereocenters. The number of para-hydroxylation sites is 1. The van der Waals surface area contributed by atoms with Crippen LogP contribution in [0.3, 0.4) is 0 Å². The van der Waals surface area contributed by atoms with Crippen LogP contribution in [0.1, 0.15) is 171 Å². The molecule has 1 aliphatic rings. The monoisotopic (exact) mass is 1140 g/mol. The molecule has 456 valence electrons. The van der Waals surface area contributed by atoms with E-state index in [1.54, 1.807) is 18.6 Å². The summed E-state index contributed by atoms with van der Waals surface area (Å²) in [5.74, 6) is 4.13. The van der Waals surface area contributed by atoms with Crippen LogP contribution >= 0.6 is 0 Å². The van der Waals surface area contributed by atoms with Gasteiger partial charge in [-0.3, -0.25) is 15.0 Å². The van der Waals surface area contributed by atoms with Gasteiger partial charge in [0.05, 0.1) is 56.2 Å². The number of rotatable bonds is 0. The number of hydrogen-bond donors (Lipinski definition) is 0. The Kier molecular flexibility index (Phi) is 32.4. The summed E-state index contributed by atoms with van der Waals surface area (Å²) in [6, 6.07) is 21.0. The summed E-state index contributed by atoms with van der Waals surface area (Å²) in [6.45, 7) is 51.1. The Balaban J connectivity index is 0.000000486. The van der Waals surface area contributed by atoms with Crippen LogP contribution in [0, 0.1) is 76.2 Å². The van der Waals surface area contributed by atoms with Crippen molar-refractivity contribution < 1.29 is 0 Å². The second-order valence-corrected chi connectivity index (χ2v) is 19.1. The van der Waals surface area contributed by atoms with Crippen molar-refractivity contribution in [2.45, 2.75) is 180 Å². The smallest absolute Gasteiger partial charge is 0.178 e. The van der Waals surface area contributed by atoms with Gasteiger partial charge in [0.25, 0.3) is 0 Å². The van der Waals surface area contributed by atoms with Gasteiger partial charge >= 0.3 is 0 Å². The van der Waals surface area contributed by atoms with Crippen LogP contribution in [0.5, 0.6) is 0 Å². The van der Waals surface area contributed by atoms with Gasteiger partial charge in [-0.25, -0.2) is 24.9 Å². The van der Waals surface area contributed by atoms with E-state index in [9.17, 15) is 0 Å². The first-order valence-corrected chi connectivity index (χ1v) is 30.4. The molecule has 9 aromatic heterocycles. The third kappa shape index (κ3) is 18.1. The average molecular weight is 1140 g/mol. The molecular formula is C71H107N13. The van der Waals surface area contributed by atoms with Gasteiger partial charge in [0.2, 0.25) is 0 Å². The minimum absolute atomic E-state index is 0.843. The topological polar surface area (TPSA) is 128 Å². The van der Waals surface area contributed by atoms with Crippen LogP contribution < -0.4 is 0 Å². The summed E-state index contributed by atoms with van der Waals surface area (Å²) >= 11 is 0. The molecule has 84 heavy (non-hydrogen) atoms. The highest BCUT2D eigenvalue weighted by Crippen LogP contribution is 2.34. The highest BCUT2D eigenvalue weighted by Gasteiger charge is 2.16. The maximum atomic E-state index is 4.44. The van der Waals surface area contributed by atoms with Gasteiger partial charge in [0, 0.05) is 71.1 Å². The van der Waals surface area contributed by atoms with Crippen LogP contribution in [0.2, 0.25) is 0 Å². The fourth-order valence-corrected chi connectivity index (χ4v) is 9.61. The zero-order chi connectivity index (χ0) is 64.3. The molecule has 1 aliphatic carbocycles. The standard InChI is InChI=1S/C12H14.2C10H12N2.3C9H11N3.6C2H6/c1-8-5-4-6-11-7-9(2)10(3)12(8)11;1-7-6-9-4-5-11-8(2)10(9)12(7)3;1-7-5-4-6-9-10(7)12(3)8(2)11-9;1-6-4-10-5-8-9(6)12(3)7(2)11-8;1-6-9-8(4-5-10-6)11-7(2)12(9)3;1-6-4-5-10-9-8(6)12(3)7(2)11-9;6*1-2/h4-6H,7H2,1-3H3;2*4-6H,1-3H3;3*4-5H,1-3H3;6*1-2H3. The molecule has 12 rings (SSSR count). The predicted octanol–water partition coefficient (Wildman–Crippen LogP) is 18.6. The molecule has 0 spiro atoms. The molecule has 13 heteroatoms. The summed E-state index contributed by atoms with van der Waals surface area (Å²) < 4.78 is 10.5. The van der Waals surface area contributed by atoms with Gasteiger partial charge in [-0.2, -0.15) is 0 Å². The summed E-state index contributed by atoms with van der Waals surface area (Å²) in [4.78, 5) is 34.3. The summed E-state index contributed by atoms with van der Waals surface area (Å²) in [5.41, 5.74) is 24.4. The fraction of sp³-hybridized carbons (Fsp3) is 0.437. The number of aromatic nitrogens is 13. The molecule has 0 aliphatic heterocycles. The van der Waals surface area contributed by atoms with E-state index in [-0.39, 0.29) is 0 Å². The summed E-state index contributed by atoms with van der Waals surface area (Å²) in [6.07, 6.45) is 10.3. The lowest BCUT2D eigenvalue weighted by atomic mass is 10.0. The number of hydrogen-bond acceptors (Lipinski definition) is 8. The Morgan fingerprint density at radius 1 is 0.369 bits per heavy atom. The van der Waals surface area contributed by atoms with E-state index in [2.05, 4.69) is 168 Å². The largest absolute Gasteiger partial charge is 0.346 e. The number of nitrogens with zero attached hydrogens (tertiary/aromatic N) is 13. The third-order valence-electron chi connectivity index (χ3n) is 14.1. The molecule has 0 unspecified atom stereocenters. The maximum absolute atomic E-state index is 4.44. The molecule has 0 saturated heterocycles. The molecule has 0 amide bonds. The van der Waals surface area contributed by atoms with E-state index in [1.807, 2.05) is 176 Å². The lowest BCUT2D eigenvalue weighted by Gasteiger charge is -2.04. The van der Waals surface area contributed by atoms with Crippen LogP contribution in [0.25, 0.3) is 60.7 Å². The Morgan fingerprint density at radius 3 is 1.32 bits per heavy atom. The number of allylic oxidation sites excluding steroid dienone is 2. The van der Waals surface area contributed by atoms with E-state index in [0.717, 1.165) is 74.3 Å². The predicted molar refractivity (Wildman–Crippen MR) is 366 cm³/mol. The molecule has 13 nitrogen and oxygen atoms in total. The van der Waals surface area contributed by atoms with Crippen molar-refractivity contribution in [1.82, 2.24) is 62.7 Å². The number of benzene rings is 2. The number of imidazole rings is 4. The van der Waals surface area contributed by atoms with Crippen molar-refractivity contribution in [3.05, 3.63) is 171 Å². The van der Waals surface area contributed by atoms with Gasteiger partial charge in [-0.1, -0.05) is 119 Å². The fourth-order valence-electron chi connectivity index (χ4n) is 9.61. The second-order valence-electron chi connectivity index (χ2n) is 19.1. The molecule has 0 radical (unpaired) electrons. The van der Waals surface area contributed by atoms with Gasteiger partial charge < -0.3 is 22.8 Å². The highest BCUT2D eigenvalue weighted by molar-refractivity contribution is 5.83. The third-order valence-corrected chi connectivity index (χ3v) is 14.1. The van der Waals surface area contributed by atoms with Gasteiger partial charge in [0.1, 0.15) is 28.8 Å². The average Bonchev–Trinajstić information content (AvgIpc) is 4.53. The summed E-state index contributed by atoms with van der Waals surface area (Å²) in [7, 11) is 10.2. The molecule has 0 N–H and O–H groups in total. The Morgan fingerprint density at radius 2 is 0.810 bits per heavy atom. The Hall–Kier alpha value is -7.80. The van der Waals surface area contributed by atoms with Crippen molar-refractivity contribution in [3.63, 3.8) is 0 Å². The van der Waals surface area contributed by atoms with Gasteiger partial charge in [-0.05, 0) is 166 Å². The van der Waals surface area contributed by atoms with Crippen molar-refractivity contribution in [2.75, 3.05) is 0 Å². The zero-order valence-electron chi connectivity index (χ0n) is 57.7. The van der Waals surface area contributed by atoms with Crippen LogP contribution in [-0.2, 0) is 41.7 Å². The summed E-state index contributed by atoms with van der Waals surface area (Å²) in [5, 5.41) is 1.28. The number of aryl methyl sites for hydroxylation is 16. The second kappa shape index (κ2) is 36.7. The lowest BCUT2D eigenvalue weighted by molar-refractivity contribution is 0.880. The van der Waals surface area contributed by atoms with Crippen molar-refractivity contribution in [1.29, 1.82) is 0 Å². The molecule has 11 aromatic rings. The SMILES string of the molecule is CC.CC.CC.CC.CC.CC.CC1=C(C)c2c(C)cccc2C1.Cc1cccc2nc(C)n(C)c12.Cc1ccnc2nc(C)n(C)c12.Cc1cncc2nc(C)n(C)c12.Cc1nccc2cc(C)n(C)c12.Cc1nccc2nc(C)n(C)c12. The lowest BCUT2D eigenvalue weighted by Crippen LogP contribution is -1.93. The molecule has 0 saturated carbocycles. The van der Waals surface area contributed by atoms with E-state index < -0.39 is 0 Å². The molecule has 0 bridgehead atoms. The van der Waals surface area contributed by atoms with E-state index >= 15 is 0 Å². The van der Waals surface area contributed by atoms with Crippen LogP contribution in [0.15, 0.2) is 97.2 Å². The van der Waals surface area contributed by atoms with E-state index in [1.165, 1.54) is 72.2 Å². The minimum atomic E-state index is 0.843. The first-order valence-electron chi connectivity index (χ1n) is 30.4. The maximum Gasteiger partial charge on any atom is 0.178 e. The molecule has 0 fully saturated rings. The number of pyridine rings is 4. The Labute approximate surface area is 506 Å². The molecule has 9 heterocycles. The van der Waals surface area contributed by atoms with Crippen molar-refractivity contribution >= 4 is 60.7 Å². The van der Waals surface area contributed by atoms with Gasteiger partial charge in [0.15, 0.2) is 5.65 Å². The molecule has 2 aromatic carbocycles. The quantitative estimate of drug-likeness (QED) is 0.147. The Bertz CT molecular complexity index is 3290. The van der Waals surface area contributed by atoms with Crippen LogP contribution in [-0.4, -0.2) is 62.7 Å². The first-order chi connectivity index (χ1) is 40.2. The number of fused-ring (bicyclic) bond motifs is 6. The first kappa shape index (κ1) is 74.2. The molecular weight excluding hydrogens is 1030 g/mol. The normalized spacial score (nSPS) is 10.4. The van der Waals surface area contributed by atoms with Gasteiger partial charge in [-0.15, -0.1) is 0 Å². The van der Waals surface area contributed by atoms with E-state index in [4.69, 9.17) is 0 Å². The zero-order valence-corrected chi connectivity index (χ0v) is 57.7. The van der Waals surface area contributed by atoms with Crippen molar-refractivity contribution in [3.8, 4) is 0 Å².